The second-order valence-electron chi connectivity index (χ2n) is 10.3. The van der Waals surface area contributed by atoms with E-state index in [0.29, 0.717) is 12.2 Å². The van der Waals surface area contributed by atoms with Gasteiger partial charge in [0.1, 0.15) is 19.0 Å². The van der Waals surface area contributed by atoms with Crippen molar-refractivity contribution in [2.75, 3.05) is 0 Å². The fourth-order valence-corrected chi connectivity index (χ4v) is 3.29. The van der Waals surface area contributed by atoms with Gasteiger partial charge in [0.15, 0.2) is 0 Å². The van der Waals surface area contributed by atoms with Gasteiger partial charge >= 0.3 is 5.97 Å². The number of hydrogen-bond donors (Lipinski definition) is 0. The first kappa shape index (κ1) is 23.6. The zero-order valence-corrected chi connectivity index (χ0v) is 20.1. The van der Waals surface area contributed by atoms with E-state index in [9.17, 15) is 4.79 Å². The van der Waals surface area contributed by atoms with E-state index in [1.807, 2.05) is 12.1 Å². The van der Waals surface area contributed by atoms with Crippen LogP contribution in [0, 0.1) is 0 Å². The molecule has 0 unspecified atom stereocenters. The highest BCUT2D eigenvalue weighted by atomic mass is 16.5. The summed E-state index contributed by atoms with van der Waals surface area (Å²) in [6, 6.07) is 23.8. The van der Waals surface area contributed by atoms with Crippen LogP contribution in [-0.4, -0.2) is 5.97 Å². The van der Waals surface area contributed by atoms with Gasteiger partial charge in [0.2, 0.25) is 0 Å². The molecule has 0 aliphatic carbocycles. The summed E-state index contributed by atoms with van der Waals surface area (Å²) in [6.45, 7) is 13.9. The summed E-state index contributed by atoms with van der Waals surface area (Å²) in [5, 5.41) is 0. The van der Waals surface area contributed by atoms with Gasteiger partial charge in [-0.15, -0.1) is 0 Å². The van der Waals surface area contributed by atoms with Crippen molar-refractivity contribution in [1.29, 1.82) is 0 Å². The molecule has 0 saturated heterocycles. The van der Waals surface area contributed by atoms with Gasteiger partial charge in [0, 0.05) is 0 Å². The van der Waals surface area contributed by atoms with E-state index < -0.39 is 0 Å². The maximum atomic E-state index is 12.4. The molecular weight excluding hydrogens is 396 g/mol. The topological polar surface area (TPSA) is 35.5 Å². The largest absolute Gasteiger partial charge is 0.489 e. The molecule has 0 aromatic heterocycles. The molecule has 3 nitrogen and oxygen atoms in total. The second kappa shape index (κ2) is 9.60. The first-order valence-electron chi connectivity index (χ1n) is 11.1. The van der Waals surface area contributed by atoms with Crippen LogP contribution in [0.1, 0.15) is 74.2 Å². The van der Waals surface area contributed by atoms with E-state index in [1.54, 1.807) is 24.3 Å². The van der Waals surface area contributed by atoms with Crippen LogP contribution in [0.5, 0.6) is 5.75 Å². The first-order chi connectivity index (χ1) is 15.0. The summed E-state index contributed by atoms with van der Waals surface area (Å²) in [6.07, 6.45) is 0. The highest BCUT2D eigenvalue weighted by molar-refractivity contribution is 5.89. The monoisotopic (exact) mass is 430 g/mol. The van der Waals surface area contributed by atoms with E-state index in [4.69, 9.17) is 9.47 Å². The minimum absolute atomic E-state index is 0.106. The van der Waals surface area contributed by atoms with Crippen LogP contribution in [0.3, 0.4) is 0 Å². The number of hydrogen-bond acceptors (Lipinski definition) is 3. The third-order valence-corrected chi connectivity index (χ3v) is 5.51. The van der Waals surface area contributed by atoms with Crippen LogP contribution in [0.25, 0.3) is 0 Å². The molecule has 3 aromatic rings. The predicted molar refractivity (Wildman–Crippen MR) is 130 cm³/mol. The Hall–Kier alpha value is -3.07. The van der Waals surface area contributed by atoms with E-state index in [1.165, 1.54) is 11.1 Å². The summed E-state index contributed by atoms with van der Waals surface area (Å²) >= 11 is 0. The number of ether oxygens (including phenoxy) is 2. The lowest BCUT2D eigenvalue weighted by molar-refractivity contribution is 0.0472. The van der Waals surface area contributed by atoms with Crippen molar-refractivity contribution >= 4 is 5.97 Å². The van der Waals surface area contributed by atoms with Crippen LogP contribution in [0.15, 0.2) is 72.8 Å². The van der Waals surface area contributed by atoms with Crippen LogP contribution in [0.2, 0.25) is 0 Å². The smallest absolute Gasteiger partial charge is 0.338 e. The molecule has 168 valence electrons. The SMILES string of the molecule is CC(C)(C)c1ccc(COC(=O)c2ccc(OCc3ccc(C(C)(C)C)cc3)cc2)cc1. The van der Waals surface area contributed by atoms with Gasteiger partial charge in [-0.3, -0.25) is 0 Å². The van der Waals surface area contributed by atoms with Crippen molar-refractivity contribution in [1.82, 2.24) is 0 Å². The average Bonchev–Trinajstić information content (AvgIpc) is 2.76. The molecule has 0 aliphatic rings. The lowest BCUT2D eigenvalue weighted by Gasteiger charge is -2.19. The van der Waals surface area contributed by atoms with Crippen LogP contribution in [0.4, 0.5) is 0 Å². The Bertz CT molecular complexity index is 1020. The Morgan fingerprint density at radius 3 is 1.50 bits per heavy atom. The standard InChI is InChI=1S/C29H34O3/c1-28(2,3)24-13-7-21(8-14-24)19-31-26-17-11-23(12-18-26)27(30)32-20-22-9-15-25(16-10-22)29(4,5)6/h7-18H,19-20H2,1-6H3. The van der Waals surface area contributed by atoms with Gasteiger partial charge in [-0.25, -0.2) is 4.79 Å². The van der Waals surface area contributed by atoms with Gasteiger partial charge in [-0.05, 0) is 57.3 Å². The number of esters is 1. The first-order valence-corrected chi connectivity index (χ1v) is 11.1. The molecule has 0 heterocycles. The zero-order valence-electron chi connectivity index (χ0n) is 20.1. The second-order valence-corrected chi connectivity index (χ2v) is 10.3. The molecule has 0 spiro atoms. The number of carbonyl (C=O) groups excluding carboxylic acids is 1. The molecule has 0 aliphatic heterocycles. The Morgan fingerprint density at radius 2 is 1.06 bits per heavy atom. The minimum atomic E-state index is -0.339. The van der Waals surface area contributed by atoms with Gasteiger partial charge in [-0.2, -0.15) is 0 Å². The predicted octanol–water partition coefficient (Wildman–Crippen LogP) is 7.22. The Balaban J connectivity index is 1.51. The summed E-state index contributed by atoms with van der Waals surface area (Å²) in [5.74, 6) is 0.383. The van der Waals surface area contributed by atoms with E-state index >= 15 is 0 Å². The van der Waals surface area contributed by atoms with E-state index in [-0.39, 0.29) is 23.4 Å². The third kappa shape index (κ3) is 6.46. The van der Waals surface area contributed by atoms with Crippen LogP contribution < -0.4 is 4.74 Å². The van der Waals surface area contributed by atoms with Gasteiger partial charge < -0.3 is 9.47 Å². The van der Waals surface area contributed by atoms with Crippen molar-refractivity contribution in [3.05, 3.63) is 101 Å². The van der Waals surface area contributed by atoms with Gasteiger partial charge in [-0.1, -0.05) is 90.1 Å². The van der Waals surface area contributed by atoms with Crippen LogP contribution in [-0.2, 0) is 28.8 Å². The molecule has 0 atom stereocenters. The molecule has 3 heteroatoms. The fourth-order valence-electron chi connectivity index (χ4n) is 3.29. The van der Waals surface area contributed by atoms with Crippen molar-refractivity contribution in [2.24, 2.45) is 0 Å². The Morgan fingerprint density at radius 1 is 0.625 bits per heavy atom. The van der Waals surface area contributed by atoms with Gasteiger partial charge in [0.05, 0.1) is 5.56 Å². The lowest BCUT2D eigenvalue weighted by Crippen LogP contribution is -2.11. The highest BCUT2D eigenvalue weighted by Gasteiger charge is 2.14. The quantitative estimate of drug-likeness (QED) is 0.387. The molecule has 3 rings (SSSR count). The van der Waals surface area contributed by atoms with Gasteiger partial charge in [0.25, 0.3) is 0 Å². The van der Waals surface area contributed by atoms with E-state index in [0.717, 1.165) is 16.9 Å². The minimum Gasteiger partial charge on any atom is -0.489 e. The maximum absolute atomic E-state index is 12.4. The van der Waals surface area contributed by atoms with E-state index in [2.05, 4.69) is 77.9 Å². The molecular formula is C29H34O3. The lowest BCUT2D eigenvalue weighted by atomic mass is 9.87. The van der Waals surface area contributed by atoms with Crippen LogP contribution >= 0.6 is 0 Å². The summed E-state index contributed by atoms with van der Waals surface area (Å²) in [5.41, 5.74) is 5.40. The third-order valence-electron chi connectivity index (χ3n) is 5.51. The molecule has 0 fully saturated rings. The summed E-state index contributed by atoms with van der Waals surface area (Å²) in [4.78, 5) is 12.4. The summed E-state index contributed by atoms with van der Waals surface area (Å²) in [7, 11) is 0. The Kier molecular flexibility index (Phi) is 7.08. The van der Waals surface area contributed by atoms with Crippen molar-refractivity contribution in [3.8, 4) is 5.75 Å². The maximum Gasteiger partial charge on any atom is 0.338 e. The zero-order chi connectivity index (χ0) is 23.4. The molecule has 3 aromatic carbocycles. The molecule has 0 amide bonds. The van der Waals surface area contributed by atoms with Crippen molar-refractivity contribution in [2.45, 2.75) is 65.6 Å². The normalized spacial score (nSPS) is 11.8. The highest BCUT2D eigenvalue weighted by Crippen LogP contribution is 2.24. The number of rotatable bonds is 6. The number of benzene rings is 3. The molecule has 0 bridgehead atoms. The van der Waals surface area contributed by atoms with Crippen molar-refractivity contribution in [3.63, 3.8) is 0 Å². The molecule has 32 heavy (non-hydrogen) atoms. The van der Waals surface area contributed by atoms with Crippen molar-refractivity contribution < 1.29 is 14.3 Å². The molecule has 0 saturated carbocycles. The molecule has 0 N–H and O–H groups in total. The average molecular weight is 431 g/mol. The fraction of sp³-hybridized carbons (Fsp3) is 0.345. The Labute approximate surface area is 192 Å². The summed E-state index contributed by atoms with van der Waals surface area (Å²) < 4.78 is 11.3. The molecule has 0 radical (unpaired) electrons. The number of carbonyl (C=O) groups is 1.